The molecule has 2 aromatic rings. The molecule has 14 nitrogen and oxygen atoms in total. The van der Waals surface area contributed by atoms with E-state index in [0.29, 0.717) is 11.1 Å². The van der Waals surface area contributed by atoms with Crippen molar-refractivity contribution in [3.63, 3.8) is 0 Å². The first-order chi connectivity index (χ1) is 22.8. The van der Waals surface area contributed by atoms with Crippen molar-refractivity contribution < 1.29 is 48.5 Å². The second kappa shape index (κ2) is 20.7. The van der Waals surface area contributed by atoms with E-state index in [0.717, 1.165) is 21.6 Å². The Morgan fingerprint density at radius 2 is 0.917 bits per heavy atom. The van der Waals surface area contributed by atoms with Gasteiger partial charge in [-0.05, 0) is 23.0 Å². The molecule has 262 valence electrons. The topological polar surface area (TPSA) is 209 Å². The number of aliphatic carboxylic acids is 2. The fourth-order valence-corrected chi connectivity index (χ4v) is 6.27. The summed E-state index contributed by atoms with van der Waals surface area (Å²) in [4.78, 5) is 74.9. The average Bonchev–Trinajstić information content (AvgIpc) is 3.05. The lowest BCUT2D eigenvalue weighted by molar-refractivity contribution is -0.143. The van der Waals surface area contributed by atoms with Gasteiger partial charge in [0.25, 0.3) is 0 Å². The molecule has 0 aliphatic rings. The zero-order valence-corrected chi connectivity index (χ0v) is 28.7. The molecule has 2 aromatic carbocycles. The second-order valence-electron chi connectivity index (χ2n) is 11.2. The Morgan fingerprint density at radius 1 is 0.583 bits per heavy atom. The molecule has 0 bridgehead atoms. The van der Waals surface area contributed by atoms with E-state index in [1.54, 1.807) is 88.4 Å². The Bertz CT molecular complexity index is 1260. The highest BCUT2D eigenvalue weighted by Gasteiger charge is 2.31. The van der Waals surface area contributed by atoms with E-state index in [-0.39, 0.29) is 24.7 Å². The maximum absolute atomic E-state index is 13.1. The molecule has 0 saturated carbocycles. The molecule has 16 heteroatoms. The maximum Gasteiger partial charge on any atom is 0.408 e. The molecule has 0 heterocycles. The van der Waals surface area contributed by atoms with Gasteiger partial charge in [0, 0.05) is 11.5 Å². The van der Waals surface area contributed by atoms with Gasteiger partial charge in [-0.2, -0.15) is 0 Å². The van der Waals surface area contributed by atoms with Crippen LogP contribution in [0.2, 0.25) is 0 Å². The summed E-state index contributed by atoms with van der Waals surface area (Å²) in [5, 5.41) is 28.9. The second-order valence-corrected chi connectivity index (χ2v) is 13.8. The zero-order valence-electron chi connectivity index (χ0n) is 27.0. The third-order valence-corrected chi connectivity index (χ3v) is 9.08. The molecule has 48 heavy (non-hydrogen) atoms. The quantitative estimate of drug-likeness (QED) is 0.0918. The van der Waals surface area contributed by atoms with Gasteiger partial charge in [-0.1, -0.05) is 110 Å². The van der Waals surface area contributed by atoms with Crippen LogP contribution in [-0.2, 0) is 41.9 Å². The van der Waals surface area contributed by atoms with E-state index in [1.165, 1.54) is 0 Å². The molecule has 0 aliphatic heterocycles. The number of benzene rings is 2. The minimum Gasteiger partial charge on any atom is -0.480 e. The normalized spacial score (nSPS) is 13.4. The summed E-state index contributed by atoms with van der Waals surface area (Å²) >= 11 is 0. The molecule has 0 saturated heterocycles. The number of alkyl carbamates (subject to hydrolysis) is 2. The number of hydrogen-bond acceptors (Lipinski definition) is 10. The van der Waals surface area contributed by atoms with Gasteiger partial charge in [-0.3, -0.25) is 9.59 Å². The van der Waals surface area contributed by atoms with Crippen LogP contribution in [0.3, 0.4) is 0 Å². The highest BCUT2D eigenvalue weighted by molar-refractivity contribution is 8.76. The molecule has 0 aromatic heterocycles. The highest BCUT2D eigenvalue weighted by Crippen LogP contribution is 2.24. The summed E-state index contributed by atoms with van der Waals surface area (Å²) in [7, 11) is 2.11. The van der Waals surface area contributed by atoms with E-state index in [1.807, 2.05) is 0 Å². The molecule has 4 atom stereocenters. The van der Waals surface area contributed by atoms with E-state index >= 15 is 0 Å². The summed E-state index contributed by atoms with van der Waals surface area (Å²) in [5.41, 5.74) is 1.43. The van der Waals surface area contributed by atoms with Crippen LogP contribution in [0, 0.1) is 11.8 Å². The predicted molar refractivity (Wildman–Crippen MR) is 181 cm³/mol. The van der Waals surface area contributed by atoms with Gasteiger partial charge in [0.1, 0.15) is 37.4 Å². The molecule has 4 amide bonds. The standard InChI is InChI=1S/C32H42N4O10S2/c1-19(2)25(29(39)40)35-27(37)23(33-31(43)45-15-21-11-7-5-8-12-21)17-47-48-18-24(28(38)36-26(20(3)4)30(41)42)34-32(44)46-16-22-13-9-6-10-14-22/h5-14,19-20,23-26H,15-18H2,1-4H3,(H,33,43)(H,34,44)(H,35,37)(H,36,38)(H,39,40)(H,41,42)/t23-,24-,25-,26-/m0/s1. The molecule has 0 aliphatic carbocycles. The van der Waals surface area contributed by atoms with E-state index in [2.05, 4.69) is 21.3 Å². The van der Waals surface area contributed by atoms with Gasteiger partial charge >= 0.3 is 24.1 Å². The maximum atomic E-state index is 13.1. The highest BCUT2D eigenvalue weighted by atomic mass is 33.1. The minimum atomic E-state index is -1.24. The van der Waals surface area contributed by atoms with Crippen LogP contribution in [0.25, 0.3) is 0 Å². The molecule has 0 spiro atoms. The summed E-state index contributed by atoms with van der Waals surface area (Å²) < 4.78 is 10.5. The summed E-state index contributed by atoms with van der Waals surface area (Å²) in [5.74, 6) is -5.09. The number of amides is 4. The lowest BCUT2D eigenvalue weighted by Gasteiger charge is -2.24. The zero-order chi connectivity index (χ0) is 35.6. The van der Waals surface area contributed by atoms with Gasteiger partial charge in [0.15, 0.2) is 0 Å². The number of ether oxygens (including phenoxy) is 2. The van der Waals surface area contributed by atoms with Crippen LogP contribution in [-0.4, -0.2) is 81.8 Å². The summed E-state index contributed by atoms with van der Waals surface area (Å²) in [6.07, 6.45) is -1.82. The van der Waals surface area contributed by atoms with Crippen LogP contribution in [0.4, 0.5) is 9.59 Å². The third-order valence-electron chi connectivity index (χ3n) is 6.66. The van der Waals surface area contributed by atoms with Gasteiger partial charge in [0.05, 0.1) is 0 Å². The lowest BCUT2D eigenvalue weighted by atomic mass is 10.0. The van der Waals surface area contributed by atoms with Crippen LogP contribution in [0.1, 0.15) is 38.8 Å². The molecule has 0 radical (unpaired) electrons. The van der Waals surface area contributed by atoms with Crippen LogP contribution < -0.4 is 21.3 Å². The Kier molecular flexibility index (Phi) is 17.2. The molecule has 0 fully saturated rings. The van der Waals surface area contributed by atoms with Gasteiger partial charge in [0.2, 0.25) is 11.8 Å². The number of rotatable bonds is 19. The summed E-state index contributed by atoms with van der Waals surface area (Å²) in [6, 6.07) is 12.8. The van der Waals surface area contributed by atoms with Crippen molar-refractivity contribution in [2.45, 2.75) is 65.1 Å². The van der Waals surface area contributed by atoms with Crippen molar-refractivity contribution in [1.29, 1.82) is 0 Å². The minimum absolute atomic E-state index is 0.0663. The molecular weight excluding hydrogens is 665 g/mol. The van der Waals surface area contributed by atoms with E-state index in [9.17, 15) is 39.0 Å². The Morgan fingerprint density at radius 3 is 1.21 bits per heavy atom. The largest absolute Gasteiger partial charge is 0.480 e. The number of carboxylic acids is 2. The van der Waals surface area contributed by atoms with Crippen LogP contribution >= 0.6 is 21.6 Å². The Labute approximate surface area is 286 Å². The fraction of sp³-hybridized carbons (Fsp3) is 0.438. The molecule has 2 rings (SSSR count). The number of carboxylic acid groups (broad SMARTS) is 2. The van der Waals surface area contributed by atoms with Gasteiger partial charge in [-0.15, -0.1) is 0 Å². The molecule has 0 unspecified atom stereocenters. The van der Waals surface area contributed by atoms with E-state index < -0.39 is 71.9 Å². The fourth-order valence-electron chi connectivity index (χ4n) is 3.95. The van der Waals surface area contributed by atoms with Crippen molar-refractivity contribution in [3.05, 3.63) is 71.8 Å². The van der Waals surface area contributed by atoms with Crippen molar-refractivity contribution in [1.82, 2.24) is 21.3 Å². The molecule has 6 N–H and O–H groups in total. The predicted octanol–water partition coefficient (Wildman–Crippen LogP) is 3.41. The van der Waals surface area contributed by atoms with Gasteiger partial charge < -0.3 is 41.0 Å². The number of hydrogen-bond donors (Lipinski definition) is 6. The van der Waals surface area contributed by atoms with Crippen molar-refractivity contribution in [2.24, 2.45) is 11.8 Å². The van der Waals surface area contributed by atoms with Crippen molar-refractivity contribution in [3.8, 4) is 0 Å². The Balaban J connectivity index is 2.10. The monoisotopic (exact) mass is 706 g/mol. The summed E-state index contributed by atoms with van der Waals surface area (Å²) in [6.45, 7) is 6.36. The third kappa shape index (κ3) is 14.5. The first kappa shape index (κ1) is 39.7. The van der Waals surface area contributed by atoms with Crippen molar-refractivity contribution >= 4 is 57.5 Å². The Hall–Kier alpha value is -4.44. The average molecular weight is 707 g/mol. The van der Waals surface area contributed by atoms with Gasteiger partial charge in [-0.25, -0.2) is 19.2 Å². The molecular formula is C32H42N4O10S2. The smallest absolute Gasteiger partial charge is 0.408 e. The first-order valence-corrected chi connectivity index (χ1v) is 17.5. The lowest BCUT2D eigenvalue weighted by Crippen LogP contribution is -2.54. The number of carbonyl (C=O) groups is 6. The SMILES string of the molecule is CC(C)[C@H](NC(=O)[C@H](CSSC[C@H](NC(=O)OCc1ccccc1)C(=O)N[C@H](C(=O)O)C(C)C)NC(=O)OCc1ccccc1)C(=O)O. The van der Waals surface area contributed by atoms with Crippen molar-refractivity contribution in [2.75, 3.05) is 11.5 Å². The number of carbonyl (C=O) groups excluding carboxylic acids is 4. The van der Waals surface area contributed by atoms with Crippen LogP contribution in [0.15, 0.2) is 60.7 Å². The van der Waals surface area contributed by atoms with Crippen LogP contribution in [0.5, 0.6) is 0 Å². The first-order valence-electron chi connectivity index (χ1n) is 15.0. The number of nitrogens with one attached hydrogen (secondary N) is 4. The van der Waals surface area contributed by atoms with E-state index in [4.69, 9.17) is 9.47 Å².